The number of aryl methyl sites for hydroxylation is 1. The van der Waals surface area contributed by atoms with Crippen LogP contribution in [0.25, 0.3) is 0 Å². The van der Waals surface area contributed by atoms with Gasteiger partial charge in [-0.25, -0.2) is 0 Å². The van der Waals surface area contributed by atoms with Gasteiger partial charge in [-0.15, -0.1) is 0 Å². The number of rotatable bonds is 3. The van der Waals surface area contributed by atoms with Gasteiger partial charge in [0.2, 0.25) is 0 Å². The van der Waals surface area contributed by atoms with E-state index in [1.54, 1.807) is 7.11 Å². The molecule has 14 heavy (non-hydrogen) atoms. The van der Waals surface area contributed by atoms with Crippen LogP contribution in [0.4, 0.5) is 0 Å². The number of nitrogens with zero attached hydrogens (tertiary/aromatic N) is 1. The summed E-state index contributed by atoms with van der Waals surface area (Å²) in [5.74, 6) is 0. The molecule has 76 valence electrons. The van der Waals surface area contributed by atoms with E-state index in [1.165, 1.54) is 5.56 Å². The highest BCUT2D eigenvalue weighted by Gasteiger charge is 2.10. The van der Waals surface area contributed by atoms with Gasteiger partial charge in [-0.3, -0.25) is 0 Å². The fourth-order valence-corrected chi connectivity index (χ4v) is 1.53. The van der Waals surface area contributed by atoms with E-state index in [2.05, 4.69) is 40.1 Å². The molecule has 0 aliphatic carbocycles. The third-order valence-corrected chi connectivity index (χ3v) is 2.35. The van der Waals surface area contributed by atoms with Gasteiger partial charge in [-0.1, -0.05) is 50.9 Å². The maximum Gasteiger partial charge on any atom is 0.106 e. The third kappa shape index (κ3) is 2.84. The van der Waals surface area contributed by atoms with Crippen LogP contribution in [-0.2, 0) is 4.84 Å². The molecule has 3 heteroatoms. The lowest BCUT2D eigenvalue weighted by Gasteiger charge is -2.07. The van der Waals surface area contributed by atoms with E-state index in [4.69, 9.17) is 4.84 Å². The van der Waals surface area contributed by atoms with Crippen molar-refractivity contribution in [1.29, 1.82) is 0 Å². The molecule has 1 aromatic rings. The van der Waals surface area contributed by atoms with Crippen molar-refractivity contribution in [3.05, 3.63) is 35.4 Å². The second kappa shape index (κ2) is 5.15. The summed E-state index contributed by atoms with van der Waals surface area (Å²) in [6.07, 6.45) is 0. The van der Waals surface area contributed by atoms with Crippen LogP contribution in [0.2, 0.25) is 0 Å². The molecule has 1 unspecified atom stereocenters. The largest absolute Gasteiger partial charge is 0.399 e. The zero-order valence-electron chi connectivity index (χ0n) is 8.62. The van der Waals surface area contributed by atoms with Gasteiger partial charge in [0.1, 0.15) is 12.8 Å². The maximum atomic E-state index is 4.81. The van der Waals surface area contributed by atoms with E-state index in [0.717, 1.165) is 11.3 Å². The molecule has 0 aliphatic heterocycles. The Morgan fingerprint density at radius 2 is 1.93 bits per heavy atom. The molecule has 0 bridgehead atoms. The van der Waals surface area contributed by atoms with Gasteiger partial charge < -0.3 is 4.84 Å². The number of oxime groups is 1. The molecule has 0 amide bonds. The van der Waals surface area contributed by atoms with Crippen molar-refractivity contribution in [3.8, 4) is 0 Å². The molecule has 1 atom stereocenters. The molecule has 0 N–H and O–H groups in total. The number of alkyl halides is 1. The summed E-state index contributed by atoms with van der Waals surface area (Å²) in [6.45, 7) is 4.09. The van der Waals surface area contributed by atoms with Crippen molar-refractivity contribution >= 4 is 21.6 Å². The Kier molecular flexibility index (Phi) is 4.14. The van der Waals surface area contributed by atoms with E-state index < -0.39 is 0 Å². The highest BCUT2D eigenvalue weighted by atomic mass is 79.9. The summed E-state index contributed by atoms with van der Waals surface area (Å²) >= 11 is 3.49. The summed E-state index contributed by atoms with van der Waals surface area (Å²) in [7, 11) is 1.56. The molecule has 1 rings (SSSR count). The van der Waals surface area contributed by atoms with Crippen molar-refractivity contribution in [2.24, 2.45) is 5.16 Å². The number of benzene rings is 1. The molecule has 0 fully saturated rings. The molecule has 1 aromatic carbocycles. The predicted octanol–water partition coefficient (Wildman–Crippen LogP) is 3.13. The minimum absolute atomic E-state index is 0.185. The highest BCUT2D eigenvalue weighted by Crippen LogP contribution is 2.12. The zero-order chi connectivity index (χ0) is 10.6. The van der Waals surface area contributed by atoms with E-state index in [1.807, 2.05) is 19.1 Å². The normalized spacial score (nSPS) is 13.9. The molecule has 0 aromatic heterocycles. The summed E-state index contributed by atoms with van der Waals surface area (Å²) in [5, 5.41) is 3.99. The number of halogens is 1. The lowest BCUT2D eigenvalue weighted by atomic mass is 10.1. The average Bonchev–Trinajstić information content (AvgIpc) is 2.15. The summed E-state index contributed by atoms with van der Waals surface area (Å²) in [4.78, 5) is 4.99. The Hall–Kier alpha value is -0.830. The topological polar surface area (TPSA) is 21.6 Å². The first-order valence-corrected chi connectivity index (χ1v) is 5.39. The monoisotopic (exact) mass is 255 g/mol. The van der Waals surface area contributed by atoms with Gasteiger partial charge in [0.25, 0.3) is 0 Å². The van der Waals surface area contributed by atoms with Gasteiger partial charge in [0, 0.05) is 5.56 Å². The molecular weight excluding hydrogens is 242 g/mol. The molecule has 0 spiro atoms. The smallest absolute Gasteiger partial charge is 0.106 e. The lowest BCUT2D eigenvalue weighted by Crippen LogP contribution is -2.12. The van der Waals surface area contributed by atoms with Crippen LogP contribution in [-0.4, -0.2) is 17.6 Å². The number of hydrogen-bond donors (Lipinski definition) is 0. The average molecular weight is 256 g/mol. The third-order valence-electron chi connectivity index (χ3n) is 1.91. The van der Waals surface area contributed by atoms with Crippen LogP contribution in [0.15, 0.2) is 29.4 Å². The highest BCUT2D eigenvalue weighted by molar-refractivity contribution is 9.10. The van der Waals surface area contributed by atoms with E-state index >= 15 is 0 Å². The molecule has 0 saturated heterocycles. The molecule has 2 nitrogen and oxygen atoms in total. The van der Waals surface area contributed by atoms with Crippen LogP contribution < -0.4 is 0 Å². The van der Waals surface area contributed by atoms with Crippen LogP contribution in [0.3, 0.4) is 0 Å². The molecule has 0 heterocycles. The predicted molar refractivity (Wildman–Crippen MR) is 63.1 cm³/mol. The Morgan fingerprint density at radius 3 is 2.36 bits per heavy atom. The fourth-order valence-electron chi connectivity index (χ4n) is 1.18. The summed E-state index contributed by atoms with van der Waals surface area (Å²) in [5.41, 5.74) is 3.24. The first-order valence-electron chi connectivity index (χ1n) is 4.47. The molecule has 0 aliphatic rings. The van der Waals surface area contributed by atoms with Crippen molar-refractivity contribution in [2.75, 3.05) is 7.11 Å². The van der Waals surface area contributed by atoms with E-state index in [9.17, 15) is 0 Å². The van der Waals surface area contributed by atoms with Crippen molar-refractivity contribution in [2.45, 2.75) is 18.7 Å². The van der Waals surface area contributed by atoms with Crippen molar-refractivity contribution in [3.63, 3.8) is 0 Å². The van der Waals surface area contributed by atoms with Crippen LogP contribution in [0, 0.1) is 6.92 Å². The van der Waals surface area contributed by atoms with Crippen LogP contribution in [0.1, 0.15) is 18.1 Å². The maximum absolute atomic E-state index is 4.81. The first-order chi connectivity index (χ1) is 6.65. The Morgan fingerprint density at radius 1 is 1.36 bits per heavy atom. The minimum atomic E-state index is 0.185. The van der Waals surface area contributed by atoms with Gasteiger partial charge in [-0.2, -0.15) is 0 Å². The Balaban J connectivity index is 3.00. The van der Waals surface area contributed by atoms with Crippen molar-refractivity contribution < 1.29 is 4.84 Å². The lowest BCUT2D eigenvalue weighted by molar-refractivity contribution is 0.213. The zero-order valence-corrected chi connectivity index (χ0v) is 10.2. The summed E-state index contributed by atoms with van der Waals surface area (Å²) < 4.78 is 0. The molecule has 0 saturated carbocycles. The Bertz CT molecular complexity index is 317. The SMILES string of the molecule is CO/N=C(\c1ccc(C)cc1)C(C)Br. The molecule has 0 radical (unpaired) electrons. The minimum Gasteiger partial charge on any atom is -0.399 e. The van der Waals surface area contributed by atoms with Crippen LogP contribution >= 0.6 is 15.9 Å². The van der Waals surface area contributed by atoms with Gasteiger partial charge in [0.05, 0.1) is 4.83 Å². The fraction of sp³-hybridized carbons (Fsp3) is 0.364. The van der Waals surface area contributed by atoms with Gasteiger partial charge in [-0.05, 0) is 13.8 Å². The van der Waals surface area contributed by atoms with Gasteiger partial charge in [0.15, 0.2) is 0 Å². The van der Waals surface area contributed by atoms with Gasteiger partial charge >= 0.3 is 0 Å². The van der Waals surface area contributed by atoms with E-state index in [-0.39, 0.29) is 4.83 Å². The Labute approximate surface area is 93.1 Å². The quantitative estimate of drug-likeness (QED) is 0.462. The van der Waals surface area contributed by atoms with Crippen molar-refractivity contribution in [1.82, 2.24) is 0 Å². The second-order valence-electron chi connectivity index (χ2n) is 3.14. The summed E-state index contributed by atoms with van der Waals surface area (Å²) in [6, 6.07) is 8.22. The van der Waals surface area contributed by atoms with E-state index in [0.29, 0.717) is 0 Å². The van der Waals surface area contributed by atoms with Crippen LogP contribution in [0.5, 0.6) is 0 Å². The number of hydrogen-bond acceptors (Lipinski definition) is 2. The second-order valence-corrected chi connectivity index (χ2v) is 4.51. The standard InChI is InChI=1S/C11H14BrNO/c1-8-4-6-10(7-5-8)11(9(2)12)13-14-3/h4-7,9H,1-3H3/b13-11-. The molecular formula is C11H14BrNO. The first kappa shape index (κ1) is 11.2.